The molecule has 0 bridgehead atoms. The zero-order valence-corrected chi connectivity index (χ0v) is 17.9. The number of carbonyl (C=O) groups is 2. The van der Waals surface area contributed by atoms with Crippen molar-refractivity contribution in [3.05, 3.63) is 113 Å². The van der Waals surface area contributed by atoms with Crippen LogP contribution in [0.2, 0.25) is 0 Å². The van der Waals surface area contributed by atoms with Gasteiger partial charge in [-0.2, -0.15) is 0 Å². The molecular weight excluding hydrogens is 414 g/mol. The molecule has 0 saturated heterocycles. The first kappa shape index (κ1) is 20.4. The van der Waals surface area contributed by atoms with Gasteiger partial charge in [0, 0.05) is 22.0 Å². The molecule has 0 aliphatic carbocycles. The molecule has 0 saturated carbocycles. The molecule has 162 valence electrons. The molecule has 0 aliphatic rings. The molecule has 0 aliphatic heterocycles. The SMILES string of the molecule is Cc1nnc(CNC(=O)c2cc3ccccc3[nH]2)n1-c1ccccc1C(=O)c1ccccc1. The number of nitrogens with zero attached hydrogens (tertiary/aromatic N) is 3. The van der Waals surface area contributed by atoms with E-state index >= 15 is 0 Å². The molecule has 5 rings (SSSR count). The van der Waals surface area contributed by atoms with E-state index in [-0.39, 0.29) is 18.2 Å². The van der Waals surface area contributed by atoms with E-state index in [0.717, 1.165) is 10.9 Å². The van der Waals surface area contributed by atoms with Crippen molar-refractivity contribution in [2.75, 3.05) is 0 Å². The number of para-hydroxylation sites is 2. The summed E-state index contributed by atoms with van der Waals surface area (Å²) in [4.78, 5) is 29.1. The summed E-state index contributed by atoms with van der Waals surface area (Å²) in [7, 11) is 0. The number of aromatic nitrogens is 4. The number of ketones is 1. The van der Waals surface area contributed by atoms with Crippen LogP contribution in [-0.4, -0.2) is 31.4 Å². The molecule has 7 nitrogen and oxygen atoms in total. The fraction of sp³-hybridized carbons (Fsp3) is 0.0769. The Balaban J connectivity index is 1.43. The summed E-state index contributed by atoms with van der Waals surface area (Å²) in [5.74, 6) is 0.822. The number of hydrogen-bond acceptors (Lipinski definition) is 4. The number of rotatable bonds is 6. The Morgan fingerprint density at radius 1 is 0.909 bits per heavy atom. The summed E-state index contributed by atoms with van der Waals surface area (Å²) in [5.41, 5.74) is 3.18. The molecule has 7 heteroatoms. The number of benzene rings is 3. The zero-order valence-electron chi connectivity index (χ0n) is 17.9. The van der Waals surface area contributed by atoms with Gasteiger partial charge in [-0.3, -0.25) is 14.2 Å². The fourth-order valence-corrected chi connectivity index (χ4v) is 3.89. The van der Waals surface area contributed by atoms with Gasteiger partial charge in [-0.15, -0.1) is 10.2 Å². The van der Waals surface area contributed by atoms with E-state index in [1.165, 1.54) is 0 Å². The third-order valence-electron chi connectivity index (χ3n) is 5.50. The summed E-state index contributed by atoms with van der Waals surface area (Å²) in [6, 6.07) is 26.0. The molecule has 5 aromatic rings. The molecule has 1 amide bonds. The molecule has 33 heavy (non-hydrogen) atoms. The van der Waals surface area contributed by atoms with Crippen LogP contribution >= 0.6 is 0 Å². The summed E-state index contributed by atoms with van der Waals surface area (Å²) in [5, 5.41) is 12.3. The molecular formula is C26H21N5O2. The van der Waals surface area contributed by atoms with Gasteiger partial charge in [0.25, 0.3) is 5.91 Å². The predicted molar refractivity (Wildman–Crippen MR) is 125 cm³/mol. The number of aromatic amines is 1. The smallest absolute Gasteiger partial charge is 0.268 e. The quantitative estimate of drug-likeness (QED) is 0.391. The summed E-state index contributed by atoms with van der Waals surface area (Å²) in [6.07, 6.45) is 0. The van der Waals surface area contributed by atoms with Crippen molar-refractivity contribution in [1.29, 1.82) is 0 Å². The van der Waals surface area contributed by atoms with Crippen LogP contribution in [0.3, 0.4) is 0 Å². The fourth-order valence-electron chi connectivity index (χ4n) is 3.89. The second-order valence-corrected chi connectivity index (χ2v) is 7.66. The van der Waals surface area contributed by atoms with Crippen molar-refractivity contribution in [2.45, 2.75) is 13.5 Å². The molecule has 3 aromatic carbocycles. The number of amides is 1. The van der Waals surface area contributed by atoms with Gasteiger partial charge in [0.15, 0.2) is 11.6 Å². The Morgan fingerprint density at radius 2 is 1.64 bits per heavy atom. The molecule has 2 aromatic heterocycles. The first-order valence-corrected chi connectivity index (χ1v) is 10.6. The second kappa shape index (κ2) is 8.55. The van der Waals surface area contributed by atoms with E-state index < -0.39 is 0 Å². The van der Waals surface area contributed by atoms with Gasteiger partial charge in [0.1, 0.15) is 11.5 Å². The molecule has 0 spiro atoms. The van der Waals surface area contributed by atoms with Crippen LogP contribution in [0.1, 0.15) is 38.1 Å². The van der Waals surface area contributed by atoms with E-state index in [0.29, 0.717) is 34.2 Å². The molecule has 0 unspecified atom stereocenters. The van der Waals surface area contributed by atoms with Crippen LogP contribution in [0.15, 0.2) is 84.9 Å². The maximum absolute atomic E-state index is 13.2. The monoisotopic (exact) mass is 435 g/mol. The molecule has 0 fully saturated rings. The maximum atomic E-state index is 13.2. The van der Waals surface area contributed by atoms with Crippen molar-refractivity contribution >= 4 is 22.6 Å². The molecule has 2 heterocycles. The van der Waals surface area contributed by atoms with Crippen LogP contribution in [0.25, 0.3) is 16.6 Å². The topological polar surface area (TPSA) is 92.7 Å². The highest BCUT2D eigenvalue weighted by atomic mass is 16.2. The Labute approximate surface area is 190 Å². The Morgan fingerprint density at radius 3 is 2.45 bits per heavy atom. The van der Waals surface area contributed by atoms with Gasteiger partial charge in [0.05, 0.1) is 12.2 Å². The van der Waals surface area contributed by atoms with Crippen LogP contribution in [-0.2, 0) is 6.54 Å². The second-order valence-electron chi connectivity index (χ2n) is 7.66. The Bertz CT molecular complexity index is 1430. The molecule has 2 N–H and O–H groups in total. The lowest BCUT2D eigenvalue weighted by Crippen LogP contribution is -2.25. The van der Waals surface area contributed by atoms with Crippen molar-refractivity contribution in [2.24, 2.45) is 0 Å². The van der Waals surface area contributed by atoms with E-state index in [9.17, 15) is 9.59 Å². The summed E-state index contributed by atoms with van der Waals surface area (Å²) >= 11 is 0. The van der Waals surface area contributed by atoms with Crippen LogP contribution < -0.4 is 5.32 Å². The van der Waals surface area contributed by atoms with Crippen LogP contribution in [0, 0.1) is 6.92 Å². The Kier molecular flexibility index (Phi) is 5.28. The molecule has 0 radical (unpaired) electrons. The maximum Gasteiger partial charge on any atom is 0.268 e. The van der Waals surface area contributed by atoms with Gasteiger partial charge in [-0.05, 0) is 31.2 Å². The molecule has 0 atom stereocenters. The third-order valence-corrected chi connectivity index (χ3v) is 5.50. The van der Waals surface area contributed by atoms with E-state index in [4.69, 9.17) is 0 Å². The van der Waals surface area contributed by atoms with E-state index in [1.807, 2.05) is 78.2 Å². The van der Waals surface area contributed by atoms with Gasteiger partial charge >= 0.3 is 0 Å². The summed E-state index contributed by atoms with van der Waals surface area (Å²) < 4.78 is 1.81. The average molecular weight is 435 g/mol. The van der Waals surface area contributed by atoms with Gasteiger partial charge < -0.3 is 10.3 Å². The van der Waals surface area contributed by atoms with Crippen molar-refractivity contribution < 1.29 is 9.59 Å². The number of nitrogens with one attached hydrogen (secondary N) is 2. The highest BCUT2D eigenvalue weighted by Gasteiger charge is 2.19. The highest BCUT2D eigenvalue weighted by Crippen LogP contribution is 2.21. The Hall–Kier alpha value is -4.52. The van der Waals surface area contributed by atoms with E-state index in [1.54, 1.807) is 18.2 Å². The van der Waals surface area contributed by atoms with Gasteiger partial charge in [0.2, 0.25) is 0 Å². The van der Waals surface area contributed by atoms with Crippen LogP contribution in [0.5, 0.6) is 0 Å². The lowest BCUT2D eigenvalue weighted by molar-refractivity contribution is 0.0944. The number of H-pyrrole nitrogens is 1. The van der Waals surface area contributed by atoms with Crippen molar-refractivity contribution in [3.63, 3.8) is 0 Å². The van der Waals surface area contributed by atoms with Crippen molar-refractivity contribution in [3.8, 4) is 5.69 Å². The largest absolute Gasteiger partial charge is 0.351 e. The standard InChI is InChI=1S/C26H21N5O2/c1-17-29-30-24(16-27-26(33)22-15-19-11-5-7-13-21(19)28-22)31(17)23-14-8-6-12-20(23)25(32)18-9-3-2-4-10-18/h2-15,28H,16H2,1H3,(H,27,33). The van der Waals surface area contributed by atoms with Crippen LogP contribution in [0.4, 0.5) is 0 Å². The lowest BCUT2D eigenvalue weighted by atomic mass is 10.0. The number of fused-ring (bicyclic) bond motifs is 1. The summed E-state index contributed by atoms with van der Waals surface area (Å²) in [6.45, 7) is 1.97. The van der Waals surface area contributed by atoms with Gasteiger partial charge in [-0.25, -0.2) is 0 Å². The first-order valence-electron chi connectivity index (χ1n) is 10.6. The van der Waals surface area contributed by atoms with Crippen molar-refractivity contribution in [1.82, 2.24) is 25.1 Å². The lowest BCUT2D eigenvalue weighted by Gasteiger charge is -2.13. The minimum atomic E-state index is -0.243. The minimum absolute atomic E-state index is 0.0904. The normalized spacial score (nSPS) is 10.9. The number of aryl methyl sites for hydroxylation is 1. The van der Waals surface area contributed by atoms with Gasteiger partial charge in [-0.1, -0.05) is 60.7 Å². The number of hydrogen-bond donors (Lipinski definition) is 2. The first-order chi connectivity index (χ1) is 16.1. The number of carbonyl (C=O) groups excluding carboxylic acids is 2. The third kappa shape index (κ3) is 3.92. The van der Waals surface area contributed by atoms with E-state index in [2.05, 4.69) is 20.5 Å². The predicted octanol–water partition coefficient (Wildman–Crippen LogP) is 4.22. The highest BCUT2D eigenvalue weighted by molar-refractivity contribution is 6.11. The average Bonchev–Trinajstić information content (AvgIpc) is 3.46. The minimum Gasteiger partial charge on any atom is -0.351 e. The zero-order chi connectivity index (χ0) is 22.8.